The molecule has 176 valence electrons. The van der Waals surface area contributed by atoms with Gasteiger partial charge in [0.25, 0.3) is 0 Å². The Hall–Kier alpha value is -2.36. The number of benzene rings is 1. The Balaban J connectivity index is 1.62. The van der Waals surface area contributed by atoms with E-state index in [-0.39, 0.29) is 17.8 Å². The van der Waals surface area contributed by atoms with Crippen LogP contribution in [0.2, 0.25) is 5.02 Å². The predicted octanol–water partition coefficient (Wildman–Crippen LogP) is 5.28. The van der Waals surface area contributed by atoms with E-state index in [1.54, 1.807) is 18.5 Å². The number of aliphatic hydroxyl groups is 1. The molecule has 2 unspecified atom stereocenters. The zero-order valence-electron chi connectivity index (χ0n) is 18.5. The minimum atomic E-state index is -3.48. The highest BCUT2D eigenvalue weighted by Crippen LogP contribution is 2.40. The van der Waals surface area contributed by atoms with E-state index in [2.05, 4.69) is 14.7 Å². The summed E-state index contributed by atoms with van der Waals surface area (Å²) >= 11 is 7.99. The first kappa shape index (κ1) is 23.4. The molecular weight excluding hydrogens is 490 g/mol. The Kier molecular flexibility index (Phi) is 6.43. The second-order valence-electron chi connectivity index (χ2n) is 8.60. The molecule has 9 heteroatoms. The predicted molar refractivity (Wildman–Crippen MR) is 137 cm³/mol. The van der Waals surface area contributed by atoms with Crippen LogP contribution in [0.4, 0.5) is 0 Å². The monoisotopic (exact) mass is 513 g/mol. The first-order valence-electron chi connectivity index (χ1n) is 11.1. The number of halogens is 1. The molecule has 0 bridgehead atoms. The highest BCUT2D eigenvalue weighted by Gasteiger charge is 2.38. The summed E-state index contributed by atoms with van der Waals surface area (Å²) in [5.41, 5.74) is 4.17. The van der Waals surface area contributed by atoms with Crippen molar-refractivity contribution in [3.05, 3.63) is 82.0 Å². The van der Waals surface area contributed by atoms with Crippen molar-refractivity contribution in [3.8, 4) is 11.3 Å². The number of pyridine rings is 2. The lowest BCUT2D eigenvalue weighted by Gasteiger charge is -2.19. The summed E-state index contributed by atoms with van der Waals surface area (Å²) in [6, 6.07) is 14.4. The fraction of sp³-hybridized carbons (Fsp3) is 0.280. The maximum absolute atomic E-state index is 12.9. The van der Waals surface area contributed by atoms with E-state index in [0.29, 0.717) is 23.4 Å². The van der Waals surface area contributed by atoms with Crippen LogP contribution in [0.3, 0.4) is 0 Å². The van der Waals surface area contributed by atoms with Gasteiger partial charge in [0.1, 0.15) is 0 Å². The molecule has 1 fully saturated rings. The van der Waals surface area contributed by atoms with Crippen molar-refractivity contribution in [2.24, 2.45) is 0 Å². The van der Waals surface area contributed by atoms with Crippen LogP contribution in [0.1, 0.15) is 47.7 Å². The van der Waals surface area contributed by atoms with Gasteiger partial charge < -0.3 is 5.11 Å². The van der Waals surface area contributed by atoms with E-state index in [1.807, 2.05) is 49.4 Å². The minimum absolute atomic E-state index is 0.000548. The van der Waals surface area contributed by atoms with Gasteiger partial charge in [0, 0.05) is 40.4 Å². The van der Waals surface area contributed by atoms with Crippen LogP contribution in [0.25, 0.3) is 21.5 Å². The molecule has 1 aliphatic rings. The van der Waals surface area contributed by atoms with Gasteiger partial charge in [-0.25, -0.2) is 13.1 Å². The molecule has 0 spiro atoms. The molecular formula is C25H24ClN3O3S2. The molecule has 1 saturated carbocycles. The third-order valence-electron chi connectivity index (χ3n) is 6.08. The van der Waals surface area contributed by atoms with Gasteiger partial charge in [-0.15, -0.1) is 11.3 Å². The molecule has 2 N–H and O–H groups in total. The van der Waals surface area contributed by atoms with Gasteiger partial charge in [-0.05, 0) is 54.3 Å². The molecule has 3 aromatic heterocycles. The summed E-state index contributed by atoms with van der Waals surface area (Å²) in [4.78, 5) is 9.91. The van der Waals surface area contributed by atoms with Gasteiger partial charge in [0.2, 0.25) is 10.0 Å². The summed E-state index contributed by atoms with van der Waals surface area (Å²) < 4.78 is 29.6. The molecule has 6 nitrogen and oxygen atoms in total. The van der Waals surface area contributed by atoms with Crippen LogP contribution < -0.4 is 4.72 Å². The molecule has 4 aromatic rings. The van der Waals surface area contributed by atoms with E-state index < -0.39 is 16.1 Å². The van der Waals surface area contributed by atoms with Gasteiger partial charge in [-0.2, -0.15) is 0 Å². The van der Waals surface area contributed by atoms with Crippen molar-refractivity contribution in [1.29, 1.82) is 0 Å². The number of nitrogens with zero attached hydrogens (tertiary/aromatic N) is 2. The van der Waals surface area contributed by atoms with Gasteiger partial charge in [-0.1, -0.05) is 36.7 Å². The molecule has 1 aliphatic carbocycles. The topological polar surface area (TPSA) is 92.2 Å². The van der Waals surface area contributed by atoms with Crippen molar-refractivity contribution >= 4 is 43.2 Å². The minimum Gasteiger partial charge on any atom is -0.396 e. The first-order valence-corrected chi connectivity index (χ1v) is 13.8. The van der Waals surface area contributed by atoms with E-state index >= 15 is 0 Å². The van der Waals surface area contributed by atoms with Crippen LogP contribution in [0, 0.1) is 0 Å². The zero-order chi connectivity index (χ0) is 23.9. The van der Waals surface area contributed by atoms with E-state index in [1.165, 1.54) is 11.3 Å². The largest absolute Gasteiger partial charge is 0.396 e. The number of aromatic nitrogens is 2. The third kappa shape index (κ3) is 4.61. The van der Waals surface area contributed by atoms with Crippen LogP contribution in [0.5, 0.6) is 0 Å². The number of sulfonamides is 1. The molecule has 0 saturated heterocycles. The fourth-order valence-corrected chi connectivity index (χ4v) is 6.99. The summed E-state index contributed by atoms with van der Waals surface area (Å²) in [7, 11) is -3.48. The number of hydrogen-bond acceptors (Lipinski definition) is 6. The molecule has 1 aromatic carbocycles. The Labute approximate surface area is 207 Å². The van der Waals surface area contributed by atoms with Gasteiger partial charge >= 0.3 is 0 Å². The van der Waals surface area contributed by atoms with Gasteiger partial charge in [-0.3, -0.25) is 9.97 Å². The second-order valence-corrected chi connectivity index (χ2v) is 12.1. The van der Waals surface area contributed by atoms with Crippen LogP contribution in [-0.2, 0) is 10.0 Å². The molecule has 34 heavy (non-hydrogen) atoms. The molecule has 0 amide bonds. The maximum atomic E-state index is 12.9. The average Bonchev–Trinajstić information content (AvgIpc) is 3.62. The van der Waals surface area contributed by atoms with Crippen molar-refractivity contribution in [2.75, 3.05) is 6.61 Å². The van der Waals surface area contributed by atoms with Crippen molar-refractivity contribution in [1.82, 2.24) is 14.7 Å². The smallest absolute Gasteiger partial charge is 0.215 e. The van der Waals surface area contributed by atoms with E-state index in [9.17, 15) is 13.5 Å². The van der Waals surface area contributed by atoms with Crippen molar-refractivity contribution in [2.45, 2.75) is 37.0 Å². The lowest BCUT2D eigenvalue weighted by atomic mass is 10.0. The SMILES string of the molecule is CC(CO)c1ccnc(-c2ccnc3cc(C(NS(=O)(=O)C4CC4)c4ccccc4Cl)sc23)c1. The normalized spacial score (nSPS) is 16.0. The first-order chi connectivity index (χ1) is 16.4. The second kappa shape index (κ2) is 9.36. The van der Waals surface area contributed by atoms with E-state index in [4.69, 9.17) is 11.6 Å². The number of aliphatic hydroxyl groups excluding tert-OH is 1. The quantitative estimate of drug-likeness (QED) is 0.334. The van der Waals surface area contributed by atoms with Crippen LogP contribution in [-0.4, -0.2) is 35.3 Å². The zero-order valence-corrected chi connectivity index (χ0v) is 20.9. The molecule has 5 rings (SSSR count). The Morgan fingerprint density at radius 1 is 1.15 bits per heavy atom. The Bertz CT molecular complexity index is 1450. The maximum Gasteiger partial charge on any atom is 0.215 e. The van der Waals surface area contributed by atoms with Crippen LogP contribution in [0.15, 0.2) is 60.9 Å². The summed E-state index contributed by atoms with van der Waals surface area (Å²) in [5.74, 6) is -0.000548. The van der Waals surface area contributed by atoms with Gasteiger partial charge in [0.05, 0.1) is 27.2 Å². The lowest BCUT2D eigenvalue weighted by molar-refractivity contribution is 0.273. The van der Waals surface area contributed by atoms with E-state index in [0.717, 1.165) is 31.9 Å². The molecule has 3 heterocycles. The number of nitrogens with one attached hydrogen (secondary N) is 1. The Morgan fingerprint density at radius 2 is 1.91 bits per heavy atom. The van der Waals surface area contributed by atoms with Crippen molar-refractivity contribution in [3.63, 3.8) is 0 Å². The molecule has 2 atom stereocenters. The molecule has 0 aliphatic heterocycles. The Morgan fingerprint density at radius 3 is 2.65 bits per heavy atom. The van der Waals surface area contributed by atoms with Crippen molar-refractivity contribution < 1.29 is 13.5 Å². The number of thiophene rings is 1. The summed E-state index contributed by atoms with van der Waals surface area (Å²) in [5, 5.41) is 9.71. The number of fused-ring (bicyclic) bond motifs is 1. The number of hydrogen-bond donors (Lipinski definition) is 2. The fourth-order valence-electron chi connectivity index (χ4n) is 3.93. The summed E-state index contributed by atoms with van der Waals surface area (Å²) in [6.07, 6.45) is 4.83. The number of rotatable bonds is 8. The summed E-state index contributed by atoms with van der Waals surface area (Å²) in [6.45, 7) is 2.02. The average molecular weight is 514 g/mol. The highest BCUT2D eigenvalue weighted by atomic mass is 35.5. The van der Waals surface area contributed by atoms with Gasteiger partial charge in [0.15, 0.2) is 0 Å². The highest BCUT2D eigenvalue weighted by molar-refractivity contribution is 7.90. The van der Waals surface area contributed by atoms with Crippen LogP contribution >= 0.6 is 22.9 Å². The molecule has 0 radical (unpaired) electrons. The lowest BCUT2D eigenvalue weighted by Crippen LogP contribution is -2.31. The standard InChI is InChI=1S/C25H24ClN3O3S2/c1-15(14-30)16-8-10-27-21(12-16)19-9-11-28-22-13-23(33-25(19)22)24(18-4-2-3-5-20(18)26)29-34(31,32)17-6-7-17/h2-5,8-13,15,17,24,29-30H,6-7,14H2,1H3. The third-order valence-corrected chi connectivity index (χ3v) is 9.56.